The molecule has 0 N–H and O–H groups in total. The summed E-state index contributed by atoms with van der Waals surface area (Å²) in [6.45, 7) is 2.04. The maximum Gasteiger partial charge on any atom is 0.400 e. The number of benzene rings is 1. The molecule has 2 atom stereocenters. The largest absolute Gasteiger partial charge is 0.432 e. The highest BCUT2D eigenvalue weighted by Gasteiger charge is 2.50. The molecule has 0 aliphatic heterocycles. The van der Waals surface area contributed by atoms with Gasteiger partial charge in [0.2, 0.25) is 0 Å². The molecular formula is C30H37F9O3. The van der Waals surface area contributed by atoms with Gasteiger partial charge in [-0.25, -0.2) is 13.2 Å². The molecule has 4 rings (SSSR count). The number of halogens is 9. The lowest BCUT2D eigenvalue weighted by atomic mass is 9.84. The molecule has 1 aromatic carbocycles. The van der Waals surface area contributed by atoms with Crippen LogP contribution in [0.5, 0.6) is 5.75 Å². The Morgan fingerprint density at radius 1 is 0.643 bits per heavy atom. The van der Waals surface area contributed by atoms with E-state index in [1.165, 1.54) is 6.08 Å². The van der Waals surface area contributed by atoms with Crippen LogP contribution in [0.25, 0.3) is 0 Å². The van der Waals surface area contributed by atoms with Crippen molar-refractivity contribution in [2.75, 3.05) is 0 Å². The average Bonchev–Trinajstić information content (AvgIpc) is 2.92. The van der Waals surface area contributed by atoms with Gasteiger partial charge in [0.25, 0.3) is 0 Å². The van der Waals surface area contributed by atoms with Crippen LogP contribution >= 0.6 is 0 Å². The predicted molar refractivity (Wildman–Crippen MR) is 136 cm³/mol. The number of hydrogen-bond donors (Lipinski definition) is 0. The molecule has 0 heterocycles. The third kappa shape index (κ3) is 8.15. The van der Waals surface area contributed by atoms with E-state index in [0.29, 0.717) is 25.0 Å². The van der Waals surface area contributed by atoms with Gasteiger partial charge in [0.05, 0.1) is 30.0 Å². The van der Waals surface area contributed by atoms with Gasteiger partial charge in [0.15, 0.2) is 17.5 Å². The Hall–Kier alpha value is -1.95. The first-order valence-corrected chi connectivity index (χ1v) is 14.7. The molecule has 3 nitrogen and oxygen atoms in total. The number of rotatable bonds is 11. The smallest absolute Gasteiger partial charge is 0.400 e. The summed E-state index contributed by atoms with van der Waals surface area (Å²) in [6.07, 6.45) is -7.40. The fourth-order valence-electron chi connectivity index (χ4n) is 6.26. The highest BCUT2D eigenvalue weighted by molar-refractivity contribution is 5.25. The third-order valence-electron chi connectivity index (χ3n) is 8.71. The minimum atomic E-state index is -3.88. The van der Waals surface area contributed by atoms with Gasteiger partial charge in [-0.3, -0.25) is 0 Å². The number of hydrogen-bond acceptors (Lipinski definition) is 3. The zero-order valence-corrected chi connectivity index (χ0v) is 23.4. The lowest BCUT2D eigenvalue weighted by molar-refractivity contribution is -0.316. The quantitative estimate of drug-likeness (QED) is 0.141. The molecule has 3 aliphatic carbocycles. The lowest BCUT2D eigenvalue weighted by Crippen LogP contribution is -2.43. The van der Waals surface area contributed by atoms with Gasteiger partial charge < -0.3 is 14.2 Å². The minimum absolute atomic E-state index is 0.0228. The average molecular weight is 617 g/mol. The van der Waals surface area contributed by atoms with Gasteiger partial charge in [0.1, 0.15) is 5.75 Å². The van der Waals surface area contributed by atoms with Crippen LogP contribution in [0.3, 0.4) is 0 Å². The van der Waals surface area contributed by atoms with E-state index in [1.807, 2.05) is 13.0 Å². The van der Waals surface area contributed by atoms with E-state index >= 15 is 0 Å². The van der Waals surface area contributed by atoms with Gasteiger partial charge in [-0.2, -0.15) is 26.3 Å². The SMILES string of the molecule is CCCC1C=CC(C(F)(F)OC2CCC(C(F)(F)OC3CCC(C(F)(F)Oc4cc(F)c(F)c(F)c4)CC3)CC2)CC1. The molecule has 12 heteroatoms. The molecule has 3 aliphatic rings. The second-order valence-electron chi connectivity index (χ2n) is 11.8. The first kappa shape index (κ1) is 33.0. The molecule has 0 amide bonds. The van der Waals surface area contributed by atoms with Crippen molar-refractivity contribution in [3.05, 3.63) is 41.7 Å². The zero-order chi connectivity index (χ0) is 30.7. The predicted octanol–water partition coefficient (Wildman–Crippen LogP) is 9.79. The Morgan fingerprint density at radius 2 is 1.14 bits per heavy atom. The van der Waals surface area contributed by atoms with Gasteiger partial charge in [-0.1, -0.05) is 25.5 Å². The molecule has 238 valence electrons. The molecule has 42 heavy (non-hydrogen) atoms. The van der Waals surface area contributed by atoms with Crippen molar-refractivity contribution in [2.24, 2.45) is 23.7 Å². The Balaban J connectivity index is 1.22. The number of alkyl halides is 6. The van der Waals surface area contributed by atoms with Crippen molar-refractivity contribution < 1.29 is 53.7 Å². The van der Waals surface area contributed by atoms with Gasteiger partial charge in [-0.05, 0) is 76.5 Å². The summed E-state index contributed by atoms with van der Waals surface area (Å²) in [5.41, 5.74) is 0. The molecule has 0 aromatic heterocycles. The van der Waals surface area contributed by atoms with Crippen LogP contribution in [0.4, 0.5) is 39.5 Å². The van der Waals surface area contributed by atoms with E-state index in [1.54, 1.807) is 0 Å². The number of allylic oxidation sites excluding steroid dienone is 1. The molecule has 1 aromatic rings. The summed E-state index contributed by atoms with van der Waals surface area (Å²) in [5, 5.41) is 0. The first-order chi connectivity index (χ1) is 19.7. The van der Waals surface area contributed by atoms with Crippen LogP contribution in [-0.2, 0) is 9.47 Å². The fourth-order valence-corrected chi connectivity index (χ4v) is 6.26. The highest BCUT2D eigenvalue weighted by atomic mass is 19.3. The van der Waals surface area contributed by atoms with Crippen molar-refractivity contribution in [3.8, 4) is 5.75 Å². The van der Waals surface area contributed by atoms with Crippen LogP contribution in [0, 0.1) is 41.1 Å². The van der Waals surface area contributed by atoms with E-state index in [2.05, 4.69) is 4.74 Å². The standard InChI is InChI=1S/C30H37F9O3/c1-2-3-18-4-6-19(7-5-18)28(34,35)40-22-12-8-20(9-13-22)29(36,37)41-23-14-10-21(11-15-23)30(38,39)42-24-16-25(31)27(33)26(32)17-24/h4,6,16-23H,2-3,5,7-15H2,1H3. The second-order valence-corrected chi connectivity index (χ2v) is 11.8. The van der Waals surface area contributed by atoms with Crippen molar-refractivity contribution in [2.45, 2.75) is 115 Å². The zero-order valence-electron chi connectivity index (χ0n) is 23.4. The van der Waals surface area contributed by atoms with Crippen LogP contribution in [-0.4, -0.2) is 30.5 Å². The van der Waals surface area contributed by atoms with Crippen molar-refractivity contribution in [3.63, 3.8) is 0 Å². The first-order valence-electron chi connectivity index (χ1n) is 14.7. The van der Waals surface area contributed by atoms with Crippen LogP contribution < -0.4 is 4.74 Å². The minimum Gasteiger partial charge on any atom is -0.432 e. The lowest BCUT2D eigenvalue weighted by Gasteiger charge is -2.39. The highest BCUT2D eigenvalue weighted by Crippen LogP contribution is 2.45. The van der Waals surface area contributed by atoms with E-state index < -0.39 is 71.5 Å². The fraction of sp³-hybridized carbons (Fsp3) is 0.733. The molecular weight excluding hydrogens is 579 g/mol. The Morgan fingerprint density at radius 3 is 1.62 bits per heavy atom. The van der Waals surface area contributed by atoms with Crippen LogP contribution in [0.2, 0.25) is 0 Å². The molecule has 0 bridgehead atoms. The second kappa shape index (κ2) is 13.4. The van der Waals surface area contributed by atoms with Gasteiger partial charge in [0, 0.05) is 12.1 Å². The molecule has 2 unspecified atom stereocenters. The van der Waals surface area contributed by atoms with Crippen molar-refractivity contribution in [1.29, 1.82) is 0 Å². The molecule has 0 spiro atoms. The molecule has 0 saturated heterocycles. The summed E-state index contributed by atoms with van der Waals surface area (Å²) < 4.78 is 143. The van der Waals surface area contributed by atoms with Crippen LogP contribution in [0.1, 0.15) is 84.0 Å². The summed E-state index contributed by atoms with van der Waals surface area (Å²) in [6, 6.07) is 0.607. The molecule has 2 saturated carbocycles. The molecule has 0 radical (unpaired) electrons. The third-order valence-corrected chi connectivity index (χ3v) is 8.71. The topological polar surface area (TPSA) is 27.7 Å². The normalized spacial score (nSPS) is 29.5. The van der Waals surface area contributed by atoms with Gasteiger partial charge in [-0.15, -0.1) is 0 Å². The van der Waals surface area contributed by atoms with Gasteiger partial charge >= 0.3 is 18.3 Å². The maximum atomic E-state index is 15.0. The van der Waals surface area contributed by atoms with Crippen molar-refractivity contribution >= 4 is 0 Å². The van der Waals surface area contributed by atoms with E-state index in [4.69, 9.17) is 9.47 Å². The van der Waals surface area contributed by atoms with Crippen LogP contribution in [0.15, 0.2) is 24.3 Å². The Labute approximate surface area is 239 Å². The van der Waals surface area contributed by atoms with E-state index in [0.717, 1.165) is 12.8 Å². The maximum absolute atomic E-state index is 15.0. The number of ether oxygens (including phenoxy) is 3. The summed E-state index contributed by atoms with van der Waals surface area (Å²) in [4.78, 5) is 0. The summed E-state index contributed by atoms with van der Waals surface area (Å²) >= 11 is 0. The van der Waals surface area contributed by atoms with E-state index in [9.17, 15) is 39.5 Å². The monoisotopic (exact) mass is 616 g/mol. The summed E-state index contributed by atoms with van der Waals surface area (Å²) in [7, 11) is 0. The Bertz CT molecular complexity index is 1040. The van der Waals surface area contributed by atoms with Crippen molar-refractivity contribution in [1.82, 2.24) is 0 Å². The summed E-state index contributed by atoms with van der Waals surface area (Å²) in [5.74, 6) is -9.49. The molecule has 2 fully saturated rings. The van der Waals surface area contributed by atoms with E-state index in [-0.39, 0.29) is 57.3 Å². The Kier molecular flexibility index (Phi) is 10.5.